The molecular formula is C15H13FN2O2. The fourth-order valence-electron chi connectivity index (χ4n) is 1.66. The third-order valence-electron chi connectivity index (χ3n) is 2.56. The van der Waals surface area contributed by atoms with Crippen molar-refractivity contribution in [3.8, 4) is 23.3 Å². The molecule has 2 rings (SSSR count). The van der Waals surface area contributed by atoms with Crippen molar-refractivity contribution in [2.45, 2.75) is 6.92 Å². The average Bonchev–Trinajstić information content (AvgIpc) is 2.44. The summed E-state index contributed by atoms with van der Waals surface area (Å²) in [5, 5.41) is 8.83. The summed E-state index contributed by atoms with van der Waals surface area (Å²) < 4.78 is 24.3. The van der Waals surface area contributed by atoms with Gasteiger partial charge in [-0.3, -0.25) is 0 Å². The first-order valence-corrected chi connectivity index (χ1v) is 6.04. The van der Waals surface area contributed by atoms with E-state index in [0.717, 1.165) is 6.07 Å². The third-order valence-corrected chi connectivity index (χ3v) is 2.56. The molecule has 2 aromatic rings. The second kappa shape index (κ2) is 5.93. The van der Waals surface area contributed by atoms with E-state index in [2.05, 4.69) is 0 Å². The minimum atomic E-state index is -0.539. The van der Waals surface area contributed by atoms with Crippen molar-refractivity contribution in [1.29, 1.82) is 5.26 Å². The van der Waals surface area contributed by atoms with Gasteiger partial charge in [0.05, 0.1) is 23.9 Å². The van der Waals surface area contributed by atoms with Gasteiger partial charge in [0, 0.05) is 12.1 Å². The molecule has 2 N–H and O–H groups in total. The summed E-state index contributed by atoms with van der Waals surface area (Å²) in [4.78, 5) is 0. The molecule has 0 aliphatic rings. The van der Waals surface area contributed by atoms with Crippen LogP contribution in [0.4, 0.5) is 10.1 Å². The number of nitrogen functional groups attached to an aromatic ring is 1. The lowest BCUT2D eigenvalue weighted by Gasteiger charge is -2.11. The minimum absolute atomic E-state index is 0.0770. The highest BCUT2D eigenvalue weighted by Crippen LogP contribution is 2.33. The predicted octanol–water partition coefficient (Wildman–Crippen LogP) is 3.47. The van der Waals surface area contributed by atoms with Crippen LogP contribution in [-0.2, 0) is 0 Å². The van der Waals surface area contributed by atoms with Crippen LogP contribution in [0.25, 0.3) is 0 Å². The van der Waals surface area contributed by atoms with E-state index >= 15 is 0 Å². The summed E-state index contributed by atoms with van der Waals surface area (Å²) >= 11 is 0. The topological polar surface area (TPSA) is 68.3 Å². The van der Waals surface area contributed by atoms with E-state index in [4.69, 9.17) is 20.5 Å². The van der Waals surface area contributed by atoms with Crippen LogP contribution in [0.1, 0.15) is 12.5 Å². The van der Waals surface area contributed by atoms with Crippen molar-refractivity contribution in [2.75, 3.05) is 12.3 Å². The summed E-state index contributed by atoms with van der Waals surface area (Å²) in [6.07, 6.45) is 0. The zero-order valence-electron chi connectivity index (χ0n) is 10.9. The van der Waals surface area contributed by atoms with E-state index in [0.29, 0.717) is 17.9 Å². The van der Waals surface area contributed by atoms with Gasteiger partial charge in [-0.25, -0.2) is 4.39 Å². The maximum atomic E-state index is 13.6. The molecular weight excluding hydrogens is 259 g/mol. The number of anilines is 1. The Morgan fingerprint density at radius 1 is 1.25 bits per heavy atom. The number of nitrogens with two attached hydrogens (primary N) is 1. The number of benzene rings is 2. The van der Waals surface area contributed by atoms with Gasteiger partial charge in [-0.1, -0.05) is 6.07 Å². The van der Waals surface area contributed by atoms with Crippen LogP contribution < -0.4 is 15.2 Å². The molecule has 0 heterocycles. The van der Waals surface area contributed by atoms with Gasteiger partial charge in [-0.15, -0.1) is 0 Å². The molecule has 20 heavy (non-hydrogen) atoms. The van der Waals surface area contributed by atoms with E-state index < -0.39 is 5.82 Å². The molecule has 0 aliphatic carbocycles. The van der Waals surface area contributed by atoms with Crippen LogP contribution in [0.2, 0.25) is 0 Å². The first-order chi connectivity index (χ1) is 9.63. The molecule has 0 saturated heterocycles. The molecule has 0 bridgehead atoms. The molecule has 0 radical (unpaired) electrons. The highest BCUT2D eigenvalue weighted by molar-refractivity contribution is 5.57. The number of nitrogens with zero attached hydrogens (tertiary/aromatic N) is 1. The second-order valence-corrected chi connectivity index (χ2v) is 4.00. The summed E-state index contributed by atoms with van der Waals surface area (Å²) in [5.41, 5.74) is 6.35. The predicted molar refractivity (Wildman–Crippen MR) is 73.2 cm³/mol. The number of hydrogen-bond acceptors (Lipinski definition) is 4. The zero-order chi connectivity index (χ0) is 14.5. The quantitative estimate of drug-likeness (QED) is 0.865. The lowest BCUT2D eigenvalue weighted by atomic mass is 10.2. The normalized spacial score (nSPS) is 9.85. The van der Waals surface area contributed by atoms with Crippen molar-refractivity contribution in [1.82, 2.24) is 0 Å². The van der Waals surface area contributed by atoms with Gasteiger partial charge in [0.2, 0.25) is 0 Å². The van der Waals surface area contributed by atoms with Crippen LogP contribution in [-0.4, -0.2) is 6.61 Å². The molecule has 0 atom stereocenters. The molecule has 0 saturated carbocycles. The molecule has 0 fully saturated rings. The van der Waals surface area contributed by atoms with Gasteiger partial charge in [0.15, 0.2) is 17.3 Å². The maximum Gasteiger partial charge on any atom is 0.167 e. The molecule has 4 nitrogen and oxygen atoms in total. The van der Waals surface area contributed by atoms with Gasteiger partial charge in [-0.2, -0.15) is 5.26 Å². The molecule has 2 aromatic carbocycles. The number of halogens is 1. The molecule has 0 aromatic heterocycles. The highest BCUT2D eigenvalue weighted by Gasteiger charge is 2.11. The summed E-state index contributed by atoms with van der Waals surface area (Å²) in [6.45, 7) is 2.09. The lowest BCUT2D eigenvalue weighted by molar-refractivity contribution is 0.319. The van der Waals surface area contributed by atoms with E-state index in [1.165, 1.54) is 6.07 Å². The van der Waals surface area contributed by atoms with E-state index in [9.17, 15) is 4.39 Å². The Hall–Kier alpha value is -2.74. The van der Waals surface area contributed by atoms with E-state index in [-0.39, 0.29) is 17.2 Å². The van der Waals surface area contributed by atoms with E-state index in [1.54, 1.807) is 31.2 Å². The fourth-order valence-corrected chi connectivity index (χ4v) is 1.66. The van der Waals surface area contributed by atoms with Crippen molar-refractivity contribution in [2.24, 2.45) is 0 Å². The van der Waals surface area contributed by atoms with Crippen LogP contribution in [0, 0.1) is 17.1 Å². The maximum absolute atomic E-state index is 13.6. The number of hydrogen-bond donors (Lipinski definition) is 1. The van der Waals surface area contributed by atoms with Gasteiger partial charge in [-0.05, 0) is 25.1 Å². The van der Waals surface area contributed by atoms with Gasteiger partial charge >= 0.3 is 0 Å². The van der Waals surface area contributed by atoms with Gasteiger partial charge in [0.1, 0.15) is 5.75 Å². The number of rotatable bonds is 4. The van der Waals surface area contributed by atoms with Crippen LogP contribution >= 0.6 is 0 Å². The first-order valence-electron chi connectivity index (χ1n) is 6.04. The average molecular weight is 272 g/mol. The standard InChI is InChI=1S/C15H13FN2O2/c1-2-19-14-8-15(13(18)7-12(14)16)20-11-5-3-4-10(6-11)9-17/h3-8H,2,18H2,1H3. The summed E-state index contributed by atoms with van der Waals surface area (Å²) in [5.74, 6) is 0.269. The highest BCUT2D eigenvalue weighted by atomic mass is 19.1. The molecule has 0 aliphatic heterocycles. The summed E-state index contributed by atoms with van der Waals surface area (Å²) in [6, 6.07) is 11.2. The minimum Gasteiger partial charge on any atom is -0.491 e. The van der Waals surface area contributed by atoms with Crippen LogP contribution in [0.5, 0.6) is 17.2 Å². The van der Waals surface area contributed by atoms with Crippen molar-refractivity contribution in [3.05, 3.63) is 47.8 Å². The van der Waals surface area contributed by atoms with Crippen molar-refractivity contribution >= 4 is 5.69 Å². The molecule has 5 heteroatoms. The largest absolute Gasteiger partial charge is 0.491 e. The Kier molecular flexibility index (Phi) is 4.06. The molecule has 102 valence electrons. The molecule has 0 amide bonds. The van der Waals surface area contributed by atoms with Gasteiger partial charge in [0.25, 0.3) is 0 Å². The number of ether oxygens (including phenoxy) is 2. The van der Waals surface area contributed by atoms with Crippen molar-refractivity contribution < 1.29 is 13.9 Å². The Morgan fingerprint density at radius 2 is 2.05 bits per heavy atom. The fraction of sp³-hybridized carbons (Fsp3) is 0.133. The van der Waals surface area contributed by atoms with Crippen molar-refractivity contribution in [3.63, 3.8) is 0 Å². The summed E-state index contributed by atoms with van der Waals surface area (Å²) in [7, 11) is 0. The van der Waals surface area contributed by atoms with E-state index in [1.807, 2.05) is 6.07 Å². The Balaban J connectivity index is 2.33. The molecule has 0 spiro atoms. The Labute approximate surface area is 116 Å². The zero-order valence-corrected chi connectivity index (χ0v) is 10.9. The number of nitriles is 1. The first kappa shape index (κ1) is 13.7. The lowest BCUT2D eigenvalue weighted by Crippen LogP contribution is -1.99. The third kappa shape index (κ3) is 2.98. The SMILES string of the molecule is CCOc1cc(Oc2cccc(C#N)c2)c(N)cc1F. The van der Waals surface area contributed by atoms with Crippen LogP contribution in [0.15, 0.2) is 36.4 Å². The molecule has 0 unspecified atom stereocenters. The Morgan fingerprint density at radius 3 is 2.75 bits per heavy atom. The monoisotopic (exact) mass is 272 g/mol. The Bertz CT molecular complexity index is 665. The second-order valence-electron chi connectivity index (χ2n) is 4.00. The smallest absolute Gasteiger partial charge is 0.167 e. The van der Waals surface area contributed by atoms with Gasteiger partial charge < -0.3 is 15.2 Å². The van der Waals surface area contributed by atoms with Crippen LogP contribution in [0.3, 0.4) is 0 Å².